The molecule has 2 rings (SSSR count). The maximum absolute atomic E-state index is 12.4. The molecule has 0 fully saturated rings. The van der Waals surface area contributed by atoms with E-state index in [4.69, 9.17) is 9.47 Å². The van der Waals surface area contributed by atoms with Crippen molar-refractivity contribution in [2.75, 3.05) is 19.0 Å². The van der Waals surface area contributed by atoms with Gasteiger partial charge in [-0.25, -0.2) is 4.79 Å². The van der Waals surface area contributed by atoms with Crippen LogP contribution < -0.4 is 10.1 Å². The molecule has 0 aliphatic carbocycles. The molecule has 0 bridgehead atoms. The van der Waals surface area contributed by atoms with Crippen LogP contribution in [0.5, 0.6) is 5.75 Å². The van der Waals surface area contributed by atoms with Crippen molar-refractivity contribution in [2.24, 2.45) is 0 Å². The number of benzene rings is 2. The van der Waals surface area contributed by atoms with Gasteiger partial charge in [0.1, 0.15) is 17.4 Å². The molecule has 1 amide bonds. The Morgan fingerprint density at radius 1 is 1.19 bits per heavy atom. The maximum Gasteiger partial charge on any atom is 0.338 e. The van der Waals surface area contributed by atoms with Crippen molar-refractivity contribution in [3.05, 3.63) is 64.7 Å². The number of anilines is 1. The molecular formula is C21H20N2O4. The standard InChI is InChI=1S/C21H20N2O4/c1-4-27-21(25)16-6-8-18(9-7-16)23-20(24)17(13-22)12-15-5-10-19(26-3)14(2)11-15/h5-12H,4H2,1-3H3,(H,23,24)/b17-12+. The molecule has 0 spiro atoms. The first-order chi connectivity index (χ1) is 13.0. The molecule has 0 heterocycles. The summed E-state index contributed by atoms with van der Waals surface area (Å²) in [5, 5.41) is 12.0. The lowest BCUT2D eigenvalue weighted by atomic mass is 10.1. The van der Waals surface area contributed by atoms with Crippen LogP contribution in [0, 0.1) is 18.3 Å². The Morgan fingerprint density at radius 2 is 1.89 bits per heavy atom. The lowest BCUT2D eigenvalue weighted by Gasteiger charge is -2.07. The zero-order chi connectivity index (χ0) is 19.8. The minimum Gasteiger partial charge on any atom is -0.496 e. The number of hydrogen-bond acceptors (Lipinski definition) is 5. The Bertz CT molecular complexity index is 909. The number of nitrogens with one attached hydrogen (secondary N) is 1. The van der Waals surface area contributed by atoms with Crippen molar-refractivity contribution < 1.29 is 19.1 Å². The average Bonchev–Trinajstić information content (AvgIpc) is 2.67. The lowest BCUT2D eigenvalue weighted by Crippen LogP contribution is -2.13. The third-order valence-corrected chi connectivity index (χ3v) is 3.75. The normalized spacial score (nSPS) is 10.7. The first-order valence-electron chi connectivity index (χ1n) is 8.33. The van der Waals surface area contributed by atoms with Gasteiger partial charge in [0.05, 0.1) is 19.3 Å². The van der Waals surface area contributed by atoms with E-state index >= 15 is 0 Å². The Kier molecular flexibility index (Phi) is 6.73. The molecule has 27 heavy (non-hydrogen) atoms. The number of amides is 1. The molecule has 6 heteroatoms. The van der Waals surface area contributed by atoms with Crippen molar-refractivity contribution in [3.63, 3.8) is 0 Å². The molecule has 0 aliphatic heterocycles. The molecule has 2 aromatic rings. The van der Waals surface area contributed by atoms with E-state index in [1.54, 1.807) is 50.4 Å². The van der Waals surface area contributed by atoms with E-state index in [-0.39, 0.29) is 5.57 Å². The first-order valence-corrected chi connectivity index (χ1v) is 8.33. The van der Waals surface area contributed by atoms with Gasteiger partial charge in [-0.05, 0) is 67.4 Å². The fraction of sp³-hybridized carbons (Fsp3) is 0.190. The minimum atomic E-state index is -0.533. The van der Waals surface area contributed by atoms with Gasteiger partial charge in [-0.2, -0.15) is 5.26 Å². The molecule has 0 unspecified atom stereocenters. The van der Waals surface area contributed by atoms with Crippen molar-refractivity contribution in [1.29, 1.82) is 5.26 Å². The molecule has 0 radical (unpaired) electrons. The van der Waals surface area contributed by atoms with Gasteiger partial charge in [-0.15, -0.1) is 0 Å². The predicted molar refractivity (Wildman–Crippen MR) is 102 cm³/mol. The summed E-state index contributed by atoms with van der Waals surface area (Å²) in [5.41, 5.74) is 2.45. The monoisotopic (exact) mass is 364 g/mol. The molecule has 6 nitrogen and oxygen atoms in total. The second-order valence-electron chi connectivity index (χ2n) is 5.65. The number of nitrogens with zero attached hydrogens (tertiary/aromatic N) is 1. The summed E-state index contributed by atoms with van der Waals surface area (Å²) < 4.78 is 10.1. The van der Waals surface area contributed by atoms with E-state index in [0.717, 1.165) is 16.9 Å². The first kappa shape index (κ1) is 19.7. The SMILES string of the molecule is CCOC(=O)c1ccc(NC(=O)/C(C#N)=C/c2ccc(OC)c(C)c2)cc1. The van der Waals surface area contributed by atoms with E-state index < -0.39 is 11.9 Å². The molecule has 138 valence electrons. The van der Waals surface area contributed by atoms with E-state index in [1.807, 2.05) is 19.1 Å². The van der Waals surface area contributed by atoms with E-state index in [0.29, 0.717) is 17.9 Å². The number of aryl methyl sites for hydroxylation is 1. The fourth-order valence-corrected chi connectivity index (χ4v) is 2.41. The Hall–Kier alpha value is -3.59. The van der Waals surface area contributed by atoms with Crippen LogP contribution in [0.2, 0.25) is 0 Å². The summed E-state index contributed by atoms with van der Waals surface area (Å²) in [6, 6.07) is 13.6. The van der Waals surface area contributed by atoms with Gasteiger partial charge in [-0.1, -0.05) is 6.07 Å². The third-order valence-electron chi connectivity index (χ3n) is 3.75. The molecule has 1 N–H and O–H groups in total. The van der Waals surface area contributed by atoms with E-state index in [2.05, 4.69) is 5.32 Å². The molecule has 0 atom stereocenters. The topological polar surface area (TPSA) is 88.4 Å². The summed E-state index contributed by atoms with van der Waals surface area (Å²) in [6.45, 7) is 3.90. The van der Waals surface area contributed by atoms with Gasteiger partial charge in [0.2, 0.25) is 0 Å². The maximum atomic E-state index is 12.4. The number of carbonyl (C=O) groups is 2. The van der Waals surface area contributed by atoms with Gasteiger partial charge in [0.25, 0.3) is 5.91 Å². The highest BCUT2D eigenvalue weighted by atomic mass is 16.5. The van der Waals surface area contributed by atoms with Crippen molar-refractivity contribution in [1.82, 2.24) is 0 Å². The van der Waals surface area contributed by atoms with Gasteiger partial charge in [0.15, 0.2) is 0 Å². The summed E-state index contributed by atoms with van der Waals surface area (Å²) >= 11 is 0. The number of methoxy groups -OCH3 is 1. The van der Waals surface area contributed by atoms with Crippen molar-refractivity contribution >= 4 is 23.6 Å². The van der Waals surface area contributed by atoms with E-state index in [9.17, 15) is 14.9 Å². The molecule has 0 aromatic heterocycles. The van der Waals surface area contributed by atoms with Gasteiger partial charge < -0.3 is 14.8 Å². The smallest absolute Gasteiger partial charge is 0.338 e. The number of esters is 1. The molecule has 0 saturated heterocycles. The minimum absolute atomic E-state index is 0.0333. The van der Waals surface area contributed by atoms with Crippen LogP contribution in [0.1, 0.15) is 28.4 Å². The van der Waals surface area contributed by atoms with Crippen LogP contribution in [0.25, 0.3) is 6.08 Å². The molecule has 2 aromatic carbocycles. The number of nitriles is 1. The van der Waals surface area contributed by atoms with E-state index in [1.165, 1.54) is 6.08 Å². The lowest BCUT2D eigenvalue weighted by molar-refractivity contribution is -0.112. The number of carbonyl (C=O) groups excluding carboxylic acids is 2. The van der Waals surface area contributed by atoms with Crippen molar-refractivity contribution in [3.8, 4) is 11.8 Å². The van der Waals surface area contributed by atoms with Crippen LogP contribution in [-0.4, -0.2) is 25.6 Å². The number of hydrogen-bond donors (Lipinski definition) is 1. The molecule has 0 aliphatic rings. The predicted octanol–water partition coefficient (Wildman–Crippen LogP) is 3.73. The van der Waals surface area contributed by atoms with Crippen LogP contribution in [0.3, 0.4) is 0 Å². The van der Waals surface area contributed by atoms with Crippen LogP contribution in [0.4, 0.5) is 5.69 Å². The highest BCUT2D eigenvalue weighted by molar-refractivity contribution is 6.09. The zero-order valence-electron chi connectivity index (χ0n) is 15.4. The van der Waals surface area contributed by atoms with Crippen LogP contribution in [0.15, 0.2) is 48.0 Å². The summed E-state index contributed by atoms with van der Waals surface area (Å²) in [7, 11) is 1.58. The largest absolute Gasteiger partial charge is 0.496 e. The quantitative estimate of drug-likeness (QED) is 0.479. The zero-order valence-corrected chi connectivity index (χ0v) is 15.4. The molecule has 0 saturated carbocycles. The summed E-state index contributed by atoms with van der Waals surface area (Å²) in [5.74, 6) is -0.227. The summed E-state index contributed by atoms with van der Waals surface area (Å²) in [6.07, 6.45) is 1.51. The van der Waals surface area contributed by atoms with Crippen LogP contribution in [-0.2, 0) is 9.53 Å². The molecular weight excluding hydrogens is 344 g/mol. The van der Waals surface area contributed by atoms with Gasteiger partial charge in [-0.3, -0.25) is 4.79 Å². The second kappa shape index (κ2) is 9.20. The highest BCUT2D eigenvalue weighted by Crippen LogP contribution is 2.20. The van der Waals surface area contributed by atoms with Gasteiger partial charge >= 0.3 is 5.97 Å². The van der Waals surface area contributed by atoms with Crippen LogP contribution >= 0.6 is 0 Å². The Morgan fingerprint density at radius 3 is 2.44 bits per heavy atom. The highest BCUT2D eigenvalue weighted by Gasteiger charge is 2.11. The Labute approximate surface area is 158 Å². The van der Waals surface area contributed by atoms with Crippen molar-refractivity contribution in [2.45, 2.75) is 13.8 Å². The second-order valence-corrected chi connectivity index (χ2v) is 5.65. The fourth-order valence-electron chi connectivity index (χ4n) is 2.41. The van der Waals surface area contributed by atoms with Gasteiger partial charge in [0, 0.05) is 5.69 Å². The third kappa shape index (κ3) is 5.19. The number of ether oxygens (including phenoxy) is 2. The Balaban J connectivity index is 2.14. The summed E-state index contributed by atoms with van der Waals surface area (Å²) in [4.78, 5) is 24.0. The average molecular weight is 364 g/mol. The number of rotatable bonds is 6.